The number of ketones is 1. The highest BCUT2D eigenvalue weighted by molar-refractivity contribution is 8.77. The molecule has 1 unspecified atom stereocenters. The molecule has 3 atom stereocenters. The van der Waals surface area contributed by atoms with Crippen LogP contribution in [0.25, 0.3) is 0 Å². The molecule has 1 N–H and O–H groups in total. The Morgan fingerprint density at radius 1 is 0.694 bits per heavy atom. The predicted octanol–water partition coefficient (Wildman–Crippen LogP) is 10.9. The Morgan fingerprint density at radius 2 is 1.19 bits per heavy atom. The number of carbonyl (C=O) groups excluding carboxylic acids is 4. The highest BCUT2D eigenvalue weighted by atomic mass is 33.1. The average molecular weight is 1010 g/mol. The van der Waals surface area contributed by atoms with Crippen molar-refractivity contribution in [2.24, 2.45) is 0 Å². The van der Waals surface area contributed by atoms with Crippen LogP contribution in [-0.4, -0.2) is 87.0 Å². The van der Waals surface area contributed by atoms with Crippen LogP contribution in [0.3, 0.4) is 0 Å². The van der Waals surface area contributed by atoms with E-state index in [1.165, 1.54) is 0 Å². The molecule has 0 spiro atoms. The number of methoxy groups -OCH3 is 2. The Bertz CT molecular complexity index is 2730. The maximum atomic E-state index is 14.3. The fourth-order valence-corrected chi connectivity index (χ4v) is 12.9. The van der Waals surface area contributed by atoms with Crippen LogP contribution in [-0.2, 0) is 35.6 Å². The summed E-state index contributed by atoms with van der Waals surface area (Å²) in [6, 6.07) is 29.3. The number of carbonyl (C=O) groups is 4. The SMILES string of the molecule is CCC(=O)CCC(C)SSC(C)(C)CCC(=O)Nc1cc(COc2cc3c(cc2OC)C(=O)N2c4ccccc4C[C@H]2CN3C)cc(COc2cc3c(cc2OC)C(=O)N2c4ccccc4C[C@H]2CN3C)c1. The van der Waals surface area contributed by atoms with Crippen molar-refractivity contribution in [3.05, 3.63) is 124 Å². The number of rotatable bonds is 19. The van der Waals surface area contributed by atoms with Crippen molar-refractivity contribution in [2.45, 2.75) is 108 Å². The number of fused-ring (bicyclic) bond motifs is 8. The van der Waals surface area contributed by atoms with Crippen LogP contribution < -0.4 is 43.9 Å². The van der Waals surface area contributed by atoms with Gasteiger partial charge in [-0.3, -0.25) is 19.2 Å². The number of amides is 3. The minimum atomic E-state index is -0.182. The molecule has 72 heavy (non-hydrogen) atoms. The Morgan fingerprint density at radius 3 is 1.68 bits per heavy atom. The molecule has 3 amide bonds. The van der Waals surface area contributed by atoms with E-state index in [2.05, 4.69) is 48.0 Å². The van der Waals surface area contributed by atoms with E-state index in [1.807, 2.05) is 97.5 Å². The van der Waals surface area contributed by atoms with Crippen LogP contribution in [0, 0.1) is 0 Å². The van der Waals surface area contributed by atoms with Gasteiger partial charge >= 0.3 is 0 Å². The Hall–Kier alpha value is -6.32. The normalized spacial score (nSPS) is 17.2. The molecule has 0 saturated carbocycles. The smallest absolute Gasteiger partial charge is 0.260 e. The van der Waals surface area contributed by atoms with Crippen LogP contribution >= 0.6 is 21.6 Å². The lowest BCUT2D eigenvalue weighted by Gasteiger charge is -2.25. The van der Waals surface area contributed by atoms with Gasteiger partial charge in [-0.15, -0.1) is 0 Å². The number of benzene rings is 5. The Labute approximate surface area is 431 Å². The zero-order valence-corrected chi connectivity index (χ0v) is 44.2. The largest absolute Gasteiger partial charge is 0.493 e. The lowest BCUT2D eigenvalue weighted by atomic mass is 10.1. The van der Waals surface area contributed by atoms with Gasteiger partial charge in [0.2, 0.25) is 5.91 Å². The van der Waals surface area contributed by atoms with E-state index in [0.717, 1.165) is 64.3 Å². The van der Waals surface area contributed by atoms with Crippen molar-refractivity contribution in [1.82, 2.24) is 0 Å². The lowest BCUT2D eigenvalue weighted by Crippen LogP contribution is -2.41. The molecule has 13 nitrogen and oxygen atoms in total. The van der Waals surface area contributed by atoms with Crippen LogP contribution in [0.2, 0.25) is 0 Å². The van der Waals surface area contributed by atoms with Crippen molar-refractivity contribution >= 4 is 73.5 Å². The van der Waals surface area contributed by atoms with Gasteiger partial charge in [0.05, 0.1) is 48.8 Å². The number of likely N-dealkylation sites (N-methyl/N-ethyl adjacent to an activating group) is 2. The average Bonchev–Trinajstić information content (AvgIpc) is 3.88. The molecule has 0 bridgehead atoms. The molecule has 4 aliphatic heterocycles. The highest BCUT2D eigenvalue weighted by Gasteiger charge is 2.41. The number of ether oxygens (including phenoxy) is 4. The third-order valence-electron chi connectivity index (χ3n) is 14.1. The van der Waals surface area contributed by atoms with E-state index in [4.69, 9.17) is 18.9 Å². The van der Waals surface area contributed by atoms with Crippen molar-refractivity contribution < 1.29 is 38.1 Å². The molecule has 0 saturated heterocycles. The Balaban J connectivity index is 0.954. The molecule has 0 radical (unpaired) electrons. The highest BCUT2D eigenvalue weighted by Crippen LogP contribution is 2.45. The molecule has 0 fully saturated rings. The van der Waals surface area contributed by atoms with Gasteiger partial charge in [0.1, 0.15) is 19.0 Å². The number of anilines is 5. The first kappa shape index (κ1) is 50.6. The summed E-state index contributed by atoms with van der Waals surface area (Å²) in [4.78, 5) is 62.3. The van der Waals surface area contributed by atoms with Crippen molar-refractivity contribution in [3.63, 3.8) is 0 Å². The summed E-state index contributed by atoms with van der Waals surface area (Å²) in [6.45, 7) is 9.87. The van der Waals surface area contributed by atoms with Gasteiger partial charge in [-0.2, -0.15) is 0 Å². The standard InChI is InChI=1S/C57H65N5O8S2/c1-9-43(63)19-18-35(2)71-72-57(3,4)21-20-54(64)58-40-23-36(33-69-52-29-48-44(27-50(52)67-7)55(65)61-41(31-59(48)5)25-38-14-10-12-16-46(38)61)22-37(24-40)34-70-53-30-49-45(28-51(53)68-8)56(66)62-42(32-60(49)6)26-39-15-11-13-17-47(39)62/h10-17,22-24,27-30,35,41-42H,9,18-21,25-26,31-34H2,1-8H3,(H,58,64)/t35?,41-,42-/m0/s1. The summed E-state index contributed by atoms with van der Waals surface area (Å²) >= 11 is 0. The molecule has 0 aliphatic carbocycles. The predicted molar refractivity (Wildman–Crippen MR) is 290 cm³/mol. The fraction of sp³-hybridized carbons (Fsp3) is 0.404. The zero-order valence-electron chi connectivity index (χ0n) is 42.5. The first-order valence-corrected chi connectivity index (χ1v) is 27.1. The second kappa shape index (κ2) is 21.4. The number of para-hydroxylation sites is 2. The molecule has 4 aliphatic rings. The van der Waals surface area contributed by atoms with Crippen molar-refractivity contribution in [1.29, 1.82) is 0 Å². The topological polar surface area (TPSA) is 130 Å². The number of hydrogen-bond acceptors (Lipinski definition) is 12. The lowest BCUT2D eigenvalue weighted by molar-refractivity contribution is -0.119. The molecule has 15 heteroatoms. The van der Waals surface area contributed by atoms with E-state index in [-0.39, 0.29) is 53.5 Å². The van der Waals surface area contributed by atoms with E-state index in [9.17, 15) is 19.2 Å². The summed E-state index contributed by atoms with van der Waals surface area (Å²) in [7, 11) is 10.7. The van der Waals surface area contributed by atoms with Gasteiger partial charge in [0, 0.05) is 85.6 Å². The Kier molecular flexibility index (Phi) is 15.1. The van der Waals surface area contributed by atoms with Gasteiger partial charge in [-0.25, -0.2) is 0 Å². The van der Waals surface area contributed by atoms with Crippen LogP contribution in [0.4, 0.5) is 28.4 Å². The third kappa shape index (κ3) is 10.7. The summed E-state index contributed by atoms with van der Waals surface area (Å²) < 4.78 is 24.7. The first-order chi connectivity index (χ1) is 34.6. The minimum Gasteiger partial charge on any atom is -0.493 e. The summed E-state index contributed by atoms with van der Waals surface area (Å²) in [5.41, 5.74) is 8.94. The summed E-state index contributed by atoms with van der Waals surface area (Å²) in [5.74, 6) is 1.83. The van der Waals surface area contributed by atoms with E-state index in [1.54, 1.807) is 47.9 Å². The van der Waals surface area contributed by atoms with Crippen LogP contribution in [0.1, 0.15) is 103 Å². The van der Waals surface area contributed by atoms with Gasteiger partial charge in [-0.1, -0.05) is 71.8 Å². The first-order valence-electron chi connectivity index (χ1n) is 24.9. The van der Waals surface area contributed by atoms with Gasteiger partial charge in [0.15, 0.2) is 23.0 Å². The molecule has 0 aromatic heterocycles. The maximum absolute atomic E-state index is 14.3. The molecular formula is C57H65N5O8S2. The second-order valence-electron chi connectivity index (χ2n) is 20.0. The molecule has 9 rings (SSSR count). The second-order valence-corrected chi connectivity index (χ2v) is 23.3. The van der Waals surface area contributed by atoms with Gasteiger partial charge < -0.3 is 43.9 Å². The number of nitrogens with zero attached hydrogens (tertiary/aromatic N) is 4. The molecule has 5 aromatic rings. The van der Waals surface area contributed by atoms with Crippen molar-refractivity contribution in [3.8, 4) is 23.0 Å². The van der Waals surface area contributed by atoms with Crippen LogP contribution in [0.15, 0.2) is 91.0 Å². The maximum Gasteiger partial charge on any atom is 0.260 e. The van der Waals surface area contributed by atoms with Gasteiger partial charge in [0.25, 0.3) is 11.8 Å². The molecule has 5 aromatic carbocycles. The van der Waals surface area contributed by atoms with Crippen LogP contribution in [0.5, 0.6) is 23.0 Å². The zero-order chi connectivity index (χ0) is 50.8. The molecule has 378 valence electrons. The minimum absolute atomic E-state index is 0.00732. The molecular weight excluding hydrogens is 947 g/mol. The number of hydrogen-bond donors (Lipinski definition) is 1. The number of Topliss-reactive ketones (excluding diaryl/α,β-unsaturated/α-hetero) is 1. The summed E-state index contributed by atoms with van der Waals surface area (Å²) in [6.07, 6.45) is 4.51. The monoisotopic (exact) mass is 1010 g/mol. The van der Waals surface area contributed by atoms with Crippen molar-refractivity contribution in [2.75, 3.05) is 66.3 Å². The fourth-order valence-electron chi connectivity index (χ4n) is 10.3. The molecule has 4 heterocycles. The van der Waals surface area contributed by atoms with E-state index >= 15 is 0 Å². The quantitative estimate of drug-likeness (QED) is 0.0790. The number of nitrogens with one attached hydrogen (secondary N) is 1. The summed E-state index contributed by atoms with van der Waals surface area (Å²) in [5, 5.41) is 3.48. The third-order valence-corrected chi connectivity index (χ3v) is 18.1. The van der Waals surface area contributed by atoms with Gasteiger partial charge in [-0.05, 0) is 104 Å². The van der Waals surface area contributed by atoms with E-state index < -0.39 is 0 Å². The van der Waals surface area contributed by atoms with E-state index in [0.29, 0.717) is 83.8 Å².